The maximum atomic E-state index is 13.4. The number of anilines is 1. The van der Waals surface area contributed by atoms with E-state index in [1.807, 2.05) is 13.0 Å². The Kier molecular flexibility index (Phi) is 4.62. The Morgan fingerprint density at radius 3 is 2.95 bits per heavy atom. The number of nitrogens with zero attached hydrogens (tertiary/aromatic N) is 1. The molecular formula is C17H24FN3O. The molecule has 3 rings (SSSR count). The number of carbonyl (C=O) groups is 1. The van der Waals surface area contributed by atoms with E-state index in [2.05, 4.69) is 15.5 Å². The molecule has 0 spiro atoms. The van der Waals surface area contributed by atoms with Gasteiger partial charge in [-0.3, -0.25) is 4.79 Å². The number of rotatable bonds is 4. The molecule has 5 heteroatoms. The lowest BCUT2D eigenvalue weighted by Crippen LogP contribution is -2.53. The zero-order valence-corrected chi connectivity index (χ0v) is 13.0. The highest BCUT2D eigenvalue weighted by molar-refractivity contribution is 5.79. The van der Waals surface area contributed by atoms with Crippen molar-refractivity contribution in [3.63, 3.8) is 0 Å². The molecule has 2 aliphatic rings. The molecule has 2 atom stereocenters. The normalized spacial score (nSPS) is 23.7. The summed E-state index contributed by atoms with van der Waals surface area (Å²) in [5.41, 5.74) is 0.898. The van der Waals surface area contributed by atoms with Crippen LogP contribution in [0.2, 0.25) is 0 Å². The minimum atomic E-state index is -0.213. The molecule has 0 saturated carbocycles. The zero-order chi connectivity index (χ0) is 15.5. The Bertz CT molecular complexity index is 532. The number of hydrogen-bond donors (Lipinski definition) is 2. The summed E-state index contributed by atoms with van der Waals surface area (Å²) in [4.78, 5) is 14.5. The molecule has 1 amide bonds. The van der Waals surface area contributed by atoms with Gasteiger partial charge in [0, 0.05) is 30.7 Å². The summed E-state index contributed by atoms with van der Waals surface area (Å²) in [6.45, 7) is 5.56. The van der Waals surface area contributed by atoms with Gasteiger partial charge in [-0.05, 0) is 50.0 Å². The molecule has 1 aromatic carbocycles. The number of nitrogens with one attached hydrogen (secondary N) is 2. The second-order valence-corrected chi connectivity index (χ2v) is 6.48. The van der Waals surface area contributed by atoms with Crippen molar-refractivity contribution in [2.24, 2.45) is 11.8 Å². The van der Waals surface area contributed by atoms with Crippen LogP contribution in [0.3, 0.4) is 0 Å². The molecule has 0 radical (unpaired) electrons. The molecule has 0 aliphatic carbocycles. The van der Waals surface area contributed by atoms with Gasteiger partial charge in [-0.2, -0.15) is 0 Å². The highest BCUT2D eigenvalue weighted by Crippen LogP contribution is 2.22. The lowest BCUT2D eigenvalue weighted by Gasteiger charge is -2.37. The van der Waals surface area contributed by atoms with Gasteiger partial charge in [0.15, 0.2) is 0 Å². The van der Waals surface area contributed by atoms with Crippen molar-refractivity contribution < 1.29 is 9.18 Å². The van der Waals surface area contributed by atoms with Crippen LogP contribution in [0.15, 0.2) is 24.3 Å². The Labute approximate surface area is 131 Å². The minimum Gasteiger partial charge on any atom is -0.369 e. The van der Waals surface area contributed by atoms with Crippen LogP contribution in [-0.2, 0) is 4.79 Å². The van der Waals surface area contributed by atoms with Gasteiger partial charge in [0.05, 0.1) is 0 Å². The third-order valence-electron chi connectivity index (χ3n) is 4.87. The number of piperidine rings is 1. The topological polar surface area (TPSA) is 44.4 Å². The fourth-order valence-corrected chi connectivity index (χ4v) is 3.21. The Morgan fingerprint density at radius 1 is 1.45 bits per heavy atom. The Balaban J connectivity index is 1.57. The Hall–Kier alpha value is -1.62. The highest BCUT2D eigenvalue weighted by atomic mass is 19.1. The van der Waals surface area contributed by atoms with Gasteiger partial charge in [-0.25, -0.2) is 4.39 Å². The first-order valence-corrected chi connectivity index (χ1v) is 8.15. The van der Waals surface area contributed by atoms with Gasteiger partial charge in [-0.15, -0.1) is 0 Å². The summed E-state index contributed by atoms with van der Waals surface area (Å²) in [6.07, 6.45) is 2.01. The largest absolute Gasteiger partial charge is 0.369 e. The van der Waals surface area contributed by atoms with Crippen LogP contribution in [0.5, 0.6) is 0 Å². The van der Waals surface area contributed by atoms with E-state index in [1.165, 1.54) is 6.07 Å². The third kappa shape index (κ3) is 3.40. The van der Waals surface area contributed by atoms with Gasteiger partial charge in [0.2, 0.25) is 5.91 Å². The summed E-state index contributed by atoms with van der Waals surface area (Å²) in [6, 6.07) is 6.84. The van der Waals surface area contributed by atoms with Crippen LogP contribution in [0.4, 0.5) is 10.1 Å². The van der Waals surface area contributed by atoms with Crippen molar-refractivity contribution in [3.05, 3.63) is 30.1 Å². The van der Waals surface area contributed by atoms with E-state index in [-0.39, 0.29) is 23.7 Å². The van der Waals surface area contributed by atoms with Crippen LogP contribution >= 0.6 is 0 Å². The van der Waals surface area contributed by atoms with Gasteiger partial charge in [0.25, 0.3) is 0 Å². The molecular weight excluding hydrogens is 281 g/mol. The summed E-state index contributed by atoms with van der Waals surface area (Å²) >= 11 is 0. The first-order chi connectivity index (χ1) is 10.6. The fraction of sp³-hybridized carbons (Fsp3) is 0.588. The van der Waals surface area contributed by atoms with E-state index < -0.39 is 0 Å². The van der Waals surface area contributed by atoms with E-state index in [1.54, 1.807) is 12.1 Å². The van der Waals surface area contributed by atoms with Crippen molar-refractivity contribution in [2.45, 2.75) is 25.8 Å². The summed E-state index contributed by atoms with van der Waals surface area (Å²) in [5.74, 6) is 0.459. The second-order valence-electron chi connectivity index (χ2n) is 6.48. The standard InChI is InChI=1S/C17H24FN3O/c1-12(13-9-19-10-13)17(22)20-15-5-3-7-21(11-15)16-6-2-4-14(18)8-16/h2,4,6,8,12-13,15,19H,3,5,7,9-11H2,1H3,(H,20,22). The summed E-state index contributed by atoms with van der Waals surface area (Å²) < 4.78 is 13.4. The van der Waals surface area contributed by atoms with Crippen molar-refractivity contribution in [1.82, 2.24) is 10.6 Å². The smallest absolute Gasteiger partial charge is 0.223 e. The van der Waals surface area contributed by atoms with Crippen molar-refractivity contribution in [2.75, 3.05) is 31.1 Å². The maximum absolute atomic E-state index is 13.4. The fourth-order valence-electron chi connectivity index (χ4n) is 3.21. The van der Waals surface area contributed by atoms with Gasteiger partial charge in [0.1, 0.15) is 5.82 Å². The molecule has 2 N–H and O–H groups in total. The molecule has 2 fully saturated rings. The van der Waals surface area contributed by atoms with Gasteiger partial charge >= 0.3 is 0 Å². The quantitative estimate of drug-likeness (QED) is 0.891. The number of benzene rings is 1. The average Bonchev–Trinajstić information content (AvgIpc) is 2.45. The minimum absolute atomic E-state index is 0.0609. The first-order valence-electron chi connectivity index (χ1n) is 8.15. The van der Waals surface area contributed by atoms with Crippen LogP contribution in [0, 0.1) is 17.7 Å². The monoisotopic (exact) mass is 305 g/mol. The number of amides is 1. The molecule has 4 nitrogen and oxygen atoms in total. The SMILES string of the molecule is CC(C(=O)NC1CCCN(c2cccc(F)c2)C1)C1CNC1. The predicted octanol–water partition coefficient (Wildman–Crippen LogP) is 1.77. The van der Waals surface area contributed by atoms with E-state index in [9.17, 15) is 9.18 Å². The highest BCUT2D eigenvalue weighted by Gasteiger charge is 2.30. The van der Waals surface area contributed by atoms with E-state index in [0.29, 0.717) is 5.92 Å². The van der Waals surface area contributed by atoms with Gasteiger partial charge in [-0.1, -0.05) is 13.0 Å². The second kappa shape index (κ2) is 6.65. The molecule has 2 unspecified atom stereocenters. The van der Waals surface area contributed by atoms with Crippen LogP contribution < -0.4 is 15.5 Å². The number of halogens is 1. The van der Waals surface area contributed by atoms with Crippen molar-refractivity contribution in [1.29, 1.82) is 0 Å². The van der Waals surface area contributed by atoms with E-state index in [4.69, 9.17) is 0 Å². The van der Waals surface area contributed by atoms with E-state index in [0.717, 1.165) is 44.7 Å². The first kappa shape index (κ1) is 15.3. The van der Waals surface area contributed by atoms with Crippen LogP contribution in [0.1, 0.15) is 19.8 Å². The summed E-state index contributed by atoms with van der Waals surface area (Å²) in [5, 5.41) is 6.39. The van der Waals surface area contributed by atoms with Crippen LogP contribution in [0.25, 0.3) is 0 Å². The zero-order valence-electron chi connectivity index (χ0n) is 13.0. The molecule has 0 aromatic heterocycles. The predicted molar refractivity (Wildman–Crippen MR) is 85.3 cm³/mol. The molecule has 120 valence electrons. The molecule has 2 saturated heterocycles. The summed E-state index contributed by atoms with van der Waals surface area (Å²) in [7, 11) is 0. The number of carbonyl (C=O) groups excluding carboxylic acids is 1. The molecule has 0 bridgehead atoms. The molecule has 2 aliphatic heterocycles. The van der Waals surface area contributed by atoms with Crippen molar-refractivity contribution >= 4 is 11.6 Å². The lowest BCUT2D eigenvalue weighted by molar-refractivity contribution is -0.127. The third-order valence-corrected chi connectivity index (χ3v) is 4.87. The average molecular weight is 305 g/mol. The maximum Gasteiger partial charge on any atom is 0.223 e. The molecule has 2 heterocycles. The van der Waals surface area contributed by atoms with Gasteiger partial charge < -0.3 is 15.5 Å². The molecule has 22 heavy (non-hydrogen) atoms. The lowest BCUT2D eigenvalue weighted by atomic mass is 9.88. The van der Waals surface area contributed by atoms with Crippen molar-refractivity contribution in [3.8, 4) is 0 Å². The van der Waals surface area contributed by atoms with E-state index >= 15 is 0 Å². The Morgan fingerprint density at radius 2 is 2.27 bits per heavy atom. The number of hydrogen-bond acceptors (Lipinski definition) is 3. The molecule has 1 aromatic rings. The van der Waals surface area contributed by atoms with Crippen LogP contribution in [-0.4, -0.2) is 38.1 Å².